The van der Waals surface area contributed by atoms with Crippen molar-refractivity contribution >= 4 is 47.4 Å². The molecule has 0 fully saturated rings. The minimum Gasteiger partial charge on any atom is -0.481 e. The van der Waals surface area contributed by atoms with Crippen LogP contribution in [0.15, 0.2) is 4.99 Å². The zero-order valence-electron chi connectivity index (χ0n) is 21.8. The number of carboxylic acids is 3. The van der Waals surface area contributed by atoms with Crippen LogP contribution >= 0.6 is 0 Å². The van der Waals surface area contributed by atoms with Crippen molar-refractivity contribution in [2.75, 3.05) is 13.1 Å². The number of nitrogens with one attached hydrogen (secondary N) is 4. The maximum atomic E-state index is 13.1. The lowest BCUT2D eigenvalue weighted by Crippen LogP contribution is -2.58. The number of nitrogens with zero attached hydrogens (tertiary/aromatic N) is 1. The molecule has 11 N–H and O–H groups in total. The Balaban J connectivity index is 5.86. The van der Waals surface area contributed by atoms with Crippen molar-refractivity contribution in [3.63, 3.8) is 0 Å². The van der Waals surface area contributed by atoms with E-state index in [0.717, 1.165) is 6.92 Å². The Morgan fingerprint density at radius 2 is 1.15 bits per heavy atom. The van der Waals surface area contributed by atoms with Crippen LogP contribution in [0, 0.1) is 0 Å². The van der Waals surface area contributed by atoms with E-state index in [1.54, 1.807) is 6.92 Å². The number of aliphatic imine (C=N–C) groups is 1. The minimum absolute atomic E-state index is 0.0587. The maximum absolute atomic E-state index is 13.1. The molecule has 39 heavy (non-hydrogen) atoms. The molecule has 0 aliphatic rings. The highest BCUT2D eigenvalue weighted by Gasteiger charge is 2.32. The lowest BCUT2D eigenvalue weighted by molar-refractivity contribution is -0.143. The maximum Gasteiger partial charge on any atom is 0.305 e. The molecule has 0 aromatic carbocycles. The van der Waals surface area contributed by atoms with Gasteiger partial charge in [0.25, 0.3) is 0 Å². The van der Waals surface area contributed by atoms with E-state index in [4.69, 9.17) is 21.7 Å². The highest BCUT2D eigenvalue weighted by Crippen LogP contribution is 2.05. The van der Waals surface area contributed by atoms with Gasteiger partial charge in [-0.15, -0.1) is 0 Å². The van der Waals surface area contributed by atoms with Gasteiger partial charge in [0.05, 0.1) is 31.3 Å². The quantitative estimate of drug-likeness (QED) is 0.0405. The Labute approximate surface area is 224 Å². The first-order valence-electron chi connectivity index (χ1n) is 12.0. The smallest absolute Gasteiger partial charge is 0.305 e. The molecular formula is C22H37N7O10. The average Bonchev–Trinajstić information content (AvgIpc) is 2.81. The van der Waals surface area contributed by atoms with E-state index in [2.05, 4.69) is 26.3 Å². The van der Waals surface area contributed by atoms with Gasteiger partial charge in [0.15, 0.2) is 11.7 Å². The van der Waals surface area contributed by atoms with E-state index >= 15 is 0 Å². The Bertz CT molecular complexity index is 936. The van der Waals surface area contributed by atoms with Crippen LogP contribution in [-0.2, 0) is 33.6 Å². The van der Waals surface area contributed by atoms with Gasteiger partial charge >= 0.3 is 17.9 Å². The third-order valence-electron chi connectivity index (χ3n) is 5.11. The van der Waals surface area contributed by atoms with Gasteiger partial charge in [-0.25, -0.2) is 0 Å². The van der Waals surface area contributed by atoms with E-state index in [0.29, 0.717) is 13.0 Å². The number of ketones is 1. The number of amides is 3. The summed E-state index contributed by atoms with van der Waals surface area (Å²) in [5, 5.41) is 36.8. The van der Waals surface area contributed by atoms with Crippen molar-refractivity contribution in [3.8, 4) is 0 Å². The Morgan fingerprint density at radius 3 is 1.64 bits per heavy atom. The summed E-state index contributed by atoms with van der Waals surface area (Å²) < 4.78 is 0. The molecular weight excluding hydrogens is 522 g/mol. The number of carboxylic acid groups (broad SMARTS) is 3. The van der Waals surface area contributed by atoms with Crippen molar-refractivity contribution < 1.29 is 48.9 Å². The number of Topliss-reactive ketones (excluding diaryl/α,β-unsaturated/α-hetero) is 1. The molecule has 0 aromatic heterocycles. The van der Waals surface area contributed by atoms with Crippen LogP contribution in [0.5, 0.6) is 0 Å². The van der Waals surface area contributed by atoms with Gasteiger partial charge in [-0.1, -0.05) is 6.92 Å². The number of hydrogen-bond donors (Lipinski definition) is 9. The number of rotatable bonds is 20. The molecule has 17 nitrogen and oxygen atoms in total. The molecule has 0 saturated heterocycles. The van der Waals surface area contributed by atoms with Gasteiger partial charge in [0, 0.05) is 6.54 Å². The van der Waals surface area contributed by atoms with E-state index in [-0.39, 0.29) is 25.3 Å². The number of hydrogen-bond acceptors (Lipinski definition) is 9. The molecule has 0 bridgehead atoms. The van der Waals surface area contributed by atoms with Gasteiger partial charge in [-0.3, -0.25) is 38.6 Å². The number of guanidine groups is 1. The summed E-state index contributed by atoms with van der Waals surface area (Å²) in [6, 6.07) is -5.77. The SMILES string of the molecule is CCCN[C@@H](CC(=O)O)C(=O)N[C@@H](CCCN=C(N)N)C(=O)N[C@@H](CC(=O)O)C(=O)N[C@@H](CC(=O)O)C(C)=O. The molecule has 4 atom stereocenters. The molecule has 0 aliphatic heterocycles. The van der Waals surface area contributed by atoms with Crippen molar-refractivity contribution in [2.24, 2.45) is 16.5 Å². The number of aliphatic carboxylic acids is 3. The molecule has 0 unspecified atom stereocenters. The largest absolute Gasteiger partial charge is 0.481 e. The second-order valence-corrected chi connectivity index (χ2v) is 8.54. The summed E-state index contributed by atoms with van der Waals surface area (Å²) in [6.45, 7) is 3.19. The molecule has 0 spiro atoms. The van der Waals surface area contributed by atoms with E-state index in [1.807, 2.05) is 0 Å². The molecule has 0 radical (unpaired) electrons. The van der Waals surface area contributed by atoms with Crippen molar-refractivity contribution in [1.82, 2.24) is 21.3 Å². The lowest BCUT2D eigenvalue weighted by Gasteiger charge is -2.25. The highest BCUT2D eigenvalue weighted by molar-refractivity contribution is 5.97. The topological polar surface area (TPSA) is 293 Å². The number of nitrogens with two attached hydrogens (primary N) is 2. The summed E-state index contributed by atoms with van der Waals surface area (Å²) in [7, 11) is 0. The van der Waals surface area contributed by atoms with Crippen molar-refractivity contribution in [2.45, 2.75) is 76.5 Å². The first-order valence-corrected chi connectivity index (χ1v) is 12.0. The Hall–Kier alpha value is -4.28. The predicted molar refractivity (Wildman–Crippen MR) is 135 cm³/mol. The third-order valence-corrected chi connectivity index (χ3v) is 5.11. The Morgan fingerprint density at radius 1 is 0.718 bits per heavy atom. The van der Waals surface area contributed by atoms with E-state index in [9.17, 15) is 38.7 Å². The standard InChI is InChI=1S/C22H37N7O10/c1-3-6-25-14(9-17(33)34)20(38)27-12(5-4-7-26-22(23)24)19(37)29-15(10-18(35)36)21(39)28-13(11(2)30)8-16(31)32/h12-15,25H,3-10H2,1-2H3,(H,27,38)(H,28,39)(H,29,37)(H,31,32)(H,33,34)(H,35,36)(H4,23,24,26)/t12-,13-,14-,15-/m0/s1. The van der Waals surface area contributed by atoms with Gasteiger partial charge in [0.1, 0.15) is 12.1 Å². The lowest BCUT2D eigenvalue weighted by atomic mass is 10.1. The van der Waals surface area contributed by atoms with E-state index < -0.39 is 84.8 Å². The zero-order chi connectivity index (χ0) is 30.1. The molecule has 0 rings (SSSR count). The average molecular weight is 560 g/mol. The van der Waals surface area contributed by atoms with Crippen LogP contribution in [0.2, 0.25) is 0 Å². The number of carbonyl (C=O) groups is 7. The fourth-order valence-corrected chi connectivity index (χ4v) is 3.19. The fraction of sp³-hybridized carbons (Fsp3) is 0.636. The van der Waals surface area contributed by atoms with Crippen LogP contribution < -0.4 is 32.7 Å². The van der Waals surface area contributed by atoms with E-state index in [1.165, 1.54) is 0 Å². The van der Waals surface area contributed by atoms with Gasteiger partial charge in [-0.2, -0.15) is 0 Å². The first-order chi connectivity index (χ1) is 18.2. The monoisotopic (exact) mass is 559 g/mol. The fourth-order valence-electron chi connectivity index (χ4n) is 3.19. The molecule has 0 aromatic rings. The third kappa shape index (κ3) is 15.5. The summed E-state index contributed by atoms with van der Waals surface area (Å²) >= 11 is 0. The molecule has 220 valence electrons. The van der Waals surface area contributed by atoms with Crippen LogP contribution in [0.25, 0.3) is 0 Å². The number of carbonyl (C=O) groups excluding carboxylic acids is 4. The van der Waals surface area contributed by atoms with Crippen LogP contribution in [-0.4, -0.2) is 99.9 Å². The normalized spacial score (nSPS) is 13.6. The van der Waals surface area contributed by atoms with Gasteiger partial charge in [-0.05, 0) is 32.7 Å². The van der Waals surface area contributed by atoms with Crippen LogP contribution in [0.4, 0.5) is 0 Å². The zero-order valence-corrected chi connectivity index (χ0v) is 21.8. The summed E-state index contributed by atoms with van der Waals surface area (Å²) in [4.78, 5) is 87.6. The van der Waals surface area contributed by atoms with Gasteiger partial charge < -0.3 is 48.1 Å². The summed E-state index contributed by atoms with van der Waals surface area (Å²) in [5.74, 6) is -8.04. The second kappa shape index (κ2) is 18.1. The molecule has 3 amide bonds. The van der Waals surface area contributed by atoms with Crippen molar-refractivity contribution in [3.05, 3.63) is 0 Å². The highest BCUT2D eigenvalue weighted by atomic mass is 16.4. The minimum atomic E-state index is -1.74. The van der Waals surface area contributed by atoms with Crippen LogP contribution in [0.3, 0.4) is 0 Å². The molecule has 0 saturated carbocycles. The van der Waals surface area contributed by atoms with Crippen molar-refractivity contribution in [1.29, 1.82) is 0 Å². The molecule has 0 aliphatic carbocycles. The summed E-state index contributed by atoms with van der Waals surface area (Å²) in [5.41, 5.74) is 10.5. The summed E-state index contributed by atoms with van der Waals surface area (Å²) in [6.07, 6.45) is -1.63. The van der Waals surface area contributed by atoms with Gasteiger partial charge in [0.2, 0.25) is 17.7 Å². The Kier molecular flexibility index (Phi) is 16.1. The van der Waals surface area contributed by atoms with Crippen LogP contribution in [0.1, 0.15) is 52.4 Å². The predicted octanol–water partition coefficient (Wildman–Crippen LogP) is -3.12. The molecule has 17 heteroatoms. The first kappa shape index (κ1) is 34.7. The molecule has 0 heterocycles. The second-order valence-electron chi connectivity index (χ2n) is 8.54.